The van der Waals surface area contributed by atoms with Crippen molar-refractivity contribution in [3.63, 3.8) is 0 Å². The average Bonchev–Trinajstić information content (AvgIpc) is 3.42. The molecular formula is C21H23N5O3. The number of nitrogens with one attached hydrogen (secondary N) is 2. The van der Waals surface area contributed by atoms with Crippen LogP contribution in [0.4, 0.5) is 16.3 Å². The normalized spacial score (nSPS) is 14.6. The van der Waals surface area contributed by atoms with Crippen LogP contribution in [0.5, 0.6) is 0 Å². The van der Waals surface area contributed by atoms with E-state index in [9.17, 15) is 9.59 Å². The van der Waals surface area contributed by atoms with E-state index in [0.717, 1.165) is 24.1 Å². The van der Waals surface area contributed by atoms with E-state index in [1.165, 1.54) is 6.26 Å². The summed E-state index contributed by atoms with van der Waals surface area (Å²) < 4.78 is 7.03. The van der Waals surface area contributed by atoms with E-state index < -0.39 is 0 Å². The molecule has 150 valence electrons. The van der Waals surface area contributed by atoms with Gasteiger partial charge in [-0.1, -0.05) is 18.2 Å². The summed E-state index contributed by atoms with van der Waals surface area (Å²) in [5.41, 5.74) is 1.76. The first-order valence-corrected chi connectivity index (χ1v) is 9.62. The van der Waals surface area contributed by atoms with Crippen molar-refractivity contribution >= 4 is 23.4 Å². The largest absolute Gasteiger partial charge is 0.459 e. The number of hydrogen-bond acceptors (Lipinski definition) is 4. The van der Waals surface area contributed by atoms with E-state index in [4.69, 9.17) is 4.42 Å². The number of carbonyl (C=O) groups excluding carboxylic acids is 2. The molecule has 8 nitrogen and oxygen atoms in total. The van der Waals surface area contributed by atoms with Crippen LogP contribution in [-0.2, 0) is 0 Å². The minimum atomic E-state index is -0.313. The summed E-state index contributed by atoms with van der Waals surface area (Å²) >= 11 is 0. The molecule has 0 aliphatic carbocycles. The van der Waals surface area contributed by atoms with Crippen molar-refractivity contribution in [1.29, 1.82) is 0 Å². The first kappa shape index (κ1) is 18.8. The van der Waals surface area contributed by atoms with Crippen LogP contribution in [0.3, 0.4) is 0 Å². The number of furan rings is 1. The average molecular weight is 393 g/mol. The minimum Gasteiger partial charge on any atom is -0.459 e. The second-order valence-electron chi connectivity index (χ2n) is 7.06. The number of benzene rings is 1. The maximum Gasteiger partial charge on any atom is 0.324 e. The van der Waals surface area contributed by atoms with Crippen LogP contribution in [-0.4, -0.2) is 39.7 Å². The number of anilines is 2. The van der Waals surface area contributed by atoms with E-state index in [2.05, 4.69) is 15.7 Å². The fourth-order valence-electron chi connectivity index (χ4n) is 3.56. The fraction of sp³-hybridized carbons (Fsp3) is 0.286. The number of rotatable bonds is 4. The second-order valence-corrected chi connectivity index (χ2v) is 7.06. The number of aryl methyl sites for hydroxylation is 1. The monoisotopic (exact) mass is 393 g/mol. The molecule has 4 rings (SSSR count). The molecular weight excluding hydrogens is 370 g/mol. The van der Waals surface area contributed by atoms with Crippen LogP contribution in [0.15, 0.2) is 59.3 Å². The van der Waals surface area contributed by atoms with Gasteiger partial charge in [0.25, 0.3) is 5.91 Å². The van der Waals surface area contributed by atoms with Crippen LogP contribution in [0, 0.1) is 6.92 Å². The summed E-state index contributed by atoms with van der Waals surface area (Å²) in [7, 11) is 0. The number of urea groups is 1. The van der Waals surface area contributed by atoms with Gasteiger partial charge in [0.2, 0.25) is 0 Å². The predicted molar refractivity (Wildman–Crippen MR) is 109 cm³/mol. The number of aromatic nitrogens is 2. The zero-order valence-electron chi connectivity index (χ0n) is 16.2. The van der Waals surface area contributed by atoms with Crippen molar-refractivity contribution in [3.05, 3.63) is 66.2 Å². The van der Waals surface area contributed by atoms with Crippen LogP contribution < -0.4 is 10.6 Å². The zero-order valence-corrected chi connectivity index (χ0v) is 16.2. The zero-order chi connectivity index (χ0) is 20.2. The molecule has 1 fully saturated rings. The van der Waals surface area contributed by atoms with Gasteiger partial charge in [-0.2, -0.15) is 5.10 Å². The first-order chi connectivity index (χ1) is 14.1. The number of likely N-dealkylation sites (tertiary alicyclic amines) is 1. The number of piperidine rings is 1. The lowest BCUT2D eigenvalue weighted by molar-refractivity contribution is 0.0659. The third kappa shape index (κ3) is 4.16. The minimum absolute atomic E-state index is 0.0927. The Morgan fingerprint density at radius 3 is 2.59 bits per heavy atom. The van der Waals surface area contributed by atoms with Gasteiger partial charge in [-0.3, -0.25) is 10.1 Å². The van der Waals surface area contributed by atoms with E-state index >= 15 is 0 Å². The molecule has 0 saturated carbocycles. The van der Waals surface area contributed by atoms with Crippen LogP contribution in [0.25, 0.3) is 0 Å². The SMILES string of the molecule is Cc1ccccc1NC(=O)Nc1ccnn1C1CCN(C(=O)c2ccco2)CC1. The molecule has 3 heterocycles. The van der Waals surface area contributed by atoms with Crippen molar-refractivity contribution in [2.45, 2.75) is 25.8 Å². The molecule has 3 aromatic rings. The van der Waals surface area contributed by atoms with Gasteiger partial charge in [0.05, 0.1) is 18.5 Å². The molecule has 0 spiro atoms. The van der Waals surface area contributed by atoms with Crippen LogP contribution in [0.1, 0.15) is 35.0 Å². The molecule has 0 unspecified atom stereocenters. The van der Waals surface area contributed by atoms with Gasteiger partial charge in [0, 0.05) is 24.8 Å². The Kier molecular flexibility index (Phi) is 5.33. The smallest absolute Gasteiger partial charge is 0.324 e. The molecule has 1 aliphatic rings. The molecule has 1 aromatic carbocycles. The van der Waals surface area contributed by atoms with Gasteiger partial charge in [-0.25, -0.2) is 9.48 Å². The van der Waals surface area contributed by atoms with E-state index in [1.807, 2.05) is 35.9 Å². The molecule has 2 N–H and O–H groups in total. The van der Waals surface area contributed by atoms with Crippen molar-refractivity contribution < 1.29 is 14.0 Å². The lowest BCUT2D eigenvalue weighted by Gasteiger charge is -2.32. The van der Waals surface area contributed by atoms with E-state index in [1.54, 1.807) is 29.3 Å². The predicted octanol–water partition coefficient (Wildman–Crippen LogP) is 3.91. The molecule has 0 radical (unpaired) electrons. The summed E-state index contributed by atoms with van der Waals surface area (Å²) in [6.45, 7) is 3.16. The van der Waals surface area contributed by atoms with E-state index in [-0.39, 0.29) is 18.0 Å². The summed E-state index contributed by atoms with van der Waals surface area (Å²) in [6.07, 6.45) is 4.68. The molecule has 1 saturated heterocycles. The Morgan fingerprint density at radius 2 is 1.86 bits per heavy atom. The van der Waals surface area contributed by atoms with Gasteiger partial charge < -0.3 is 14.6 Å². The van der Waals surface area contributed by atoms with Gasteiger partial charge in [0.1, 0.15) is 5.82 Å². The summed E-state index contributed by atoms with van der Waals surface area (Å²) in [6, 6.07) is 12.6. The Bertz CT molecular complexity index is 987. The fourth-order valence-corrected chi connectivity index (χ4v) is 3.56. The van der Waals surface area contributed by atoms with Crippen molar-refractivity contribution in [2.24, 2.45) is 0 Å². The Labute approximate surface area is 168 Å². The molecule has 0 atom stereocenters. The van der Waals surface area contributed by atoms with Crippen molar-refractivity contribution in [1.82, 2.24) is 14.7 Å². The van der Waals surface area contributed by atoms with Gasteiger partial charge >= 0.3 is 6.03 Å². The Hall–Kier alpha value is -3.55. The number of nitrogens with zero attached hydrogens (tertiary/aromatic N) is 3. The topological polar surface area (TPSA) is 92.4 Å². The Balaban J connectivity index is 1.36. The number of hydrogen-bond donors (Lipinski definition) is 2. The highest BCUT2D eigenvalue weighted by Gasteiger charge is 2.27. The molecule has 2 aromatic heterocycles. The maximum atomic E-state index is 12.4. The summed E-state index contributed by atoms with van der Waals surface area (Å²) in [4.78, 5) is 26.6. The lowest BCUT2D eigenvalue weighted by Crippen LogP contribution is -2.39. The van der Waals surface area contributed by atoms with Gasteiger partial charge in [0.15, 0.2) is 5.76 Å². The summed E-state index contributed by atoms with van der Waals surface area (Å²) in [5, 5.41) is 10.1. The molecule has 3 amide bonds. The standard InChI is InChI=1S/C21H23N5O3/c1-15-5-2-3-6-17(15)23-21(28)24-19-8-11-22-26(19)16-9-12-25(13-10-16)20(27)18-7-4-14-29-18/h2-8,11,14,16H,9-10,12-13H2,1H3,(H2,23,24,28). The highest BCUT2D eigenvalue weighted by atomic mass is 16.3. The van der Waals surface area contributed by atoms with Crippen molar-refractivity contribution in [2.75, 3.05) is 23.7 Å². The van der Waals surface area contributed by atoms with Gasteiger partial charge in [-0.15, -0.1) is 0 Å². The molecule has 0 bridgehead atoms. The third-order valence-electron chi connectivity index (χ3n) is 5.13. The number of para-hydroxylation sites is 1. The number of carbonyl (C=O) groups is 2. The Morgan fingerprint density at radius 1 is 1.07 bits per heavy atom. The highest BCUT2D eigenvalue weighted by Crippen LogP contribution is 2.26. The third-order valence-corrected chi connectivity index (χ3v) is 5.13. The highest BCUT2D eigenvalue weighted by molar-refractivity contribution is 5.99. The van der Waals surface area contributed by atoms with Gasteiger partial charge in [-0.05, 0) is 43.5 Å². The quantitative estimate of drug-likeness (QED) is 0.703. The molecule has 1 aliphatic heterocycles. The number of amides is 3. The lowest BCUT2D eigenvalue weighted by atomic mass is 10.0. The second kappa shape index (κ2) is 8.22. The molecule has 29 heavy (non-hydrogen) atoms. The van der Waals surface area contributed by atoms with Crippen molar-refractivity contribution in [3.8, 4) is 0 Å². The first-order valence-electron chi connectivity index (χ1n) is 9.62. The van der Waals surface area contributed by atoms with Crippen LogP contribution >= 0.6 is 0 Å². The van der Waals surface area contributed by atoms with E-state index in [0.29, 0.717) is 24.7 Å². The molecule has 8 heteroatoms. The van der Waals surface area contributed by atoms with Crippen LogP contribution in [0.2, 0.25) is 0 Å². The summed E-state index contributed by atoms with van der Waals surface area (Å²) in [5.74, 6) is 0.898. The maximum absolute atomic E-state index is 12.4.